The lowest BCUT2D eigenvalue weighted by atomic mass is 10.0. The molecule has 4 aromatic rings. The molecular formula is C23H19BrFN3O4S. The fourth-order valence-corrected chi connectivity index (χ4v) is 5.78. The molecule has 170 valence electrons. The second-order valence-electron chi connectivity index (χ2n) is 7.99. The van der Waals surface area contributed by atoms with Crippen molar-refractivity contribution in [2.24, 2.45) is 0 Å². The molecule has 7 nitrogen and oxygen atoms in total. The highest BCUT2D eigenvalue weighted by atomic mass is 79.9. The number of imidazole rings is 1. The summed E-state index contributed by atoms with van der Waals surface area (Å²) in [7, 11) is -1.58. The summed E-state index contributed by atoms with van der Waals surface area (Å²) in [4.78, 5) is 17.0. The summed E-state index contributed by atoms with van der Waals surface area (Å²) < 4.78 is 30.6. The van der Waals surface area contributed by atoms with E-state index in [9.17, 15) is 23.6 Å². The number of carboxylic acids is 1. The maximum absolute atomic E-state index is 13.3. The van der Waals surface area contributed by atoms with Crippen LogP contribution in [0.3, 0.4) is 0 Å². The number of rotatable bonds is 7. The molecule has 1 fully saturated rings. The van der Waals surface area contributed by atoms with E-state index in [-0.39, 0.29) is 29.7 Å². The number of carboxylic acid groups (broad SMARTS) is 1. The van der Waals surface area contributed by atoms with Crippen molar-refractivity contribution >= 4 is 43.6 Å². The van der Waals surface area contributed by atoms with Gasteiger partial charge in [0.15, 0.2) is 0 Å². The molecule has 0 radical (unpaired) electrons. The molecule has 0 spiro atoms. The van der Waals surface area contributed by atoms with Gasteiger partial charge in [-0.25, -0.2) is 14.2 Å². The van der Waals surface area contributed by atoms with Crippen molar-refractivity contribution in [2.45, 2.75) is 36.1 Å². The third-order valence-electron chi connectivity index (χ3n) is 5.79. The monoisotopic (exact) mass is 531 g/mol. The molecule has 0 amide bonds. The van der Waals surface area contributed by atoms with Crippen molar-refractivity contribution in [3.63, 3.8) is 0 Å². The normalized spacial score (nSPS) is 14.6. The Morgan fingerprint density at radius 3 is 2.61 bits per heavy atom. The maximum atomic E-state index is 13.3. The van der Waals surface area contributed by atoms with Crippen molar-refractivity contribution in [3.8, 4) is 5.75 Å². The standard InChI is InChI=1S/C23H19BrFN3O4S/c24-17-9-18-20(16(22(17)29)10-27-8-7-26-12-27)21(23(30)31)19(28(18)14-3-4-14)11-33(32)15-5-1-13(25)2-6-15/h1-2,5-9,12,14,29H,3-4,10-11H2,(H,30,31). The van der Waals surface area contributed by atoms with E-state index >= 15 is 0 Å². The minimum Gasteiger partial charge on any atom is -0.506 e. The zero-order valence-corrected chi connectivity index (χ0v) is 19.6. The van der Waals surface area contributed by atoms with Crippen molar-refractivity contribution in [3.05, 3.63) is 76.2 Å². The largest absolute Gasteiger partial charge is 0.506 e. The third kappa shape index (κ3) is 3.97. The van der Waals surface area contributed by atoms with Gasteiger partial charge < -0.3 is 19.3 Å². The minimum absolute atomic E-state index is 0.0327. The van der Waals surface area contributed by atoms with Crippen LogP contribution in [0.2, 0.25) is 0 Å². The molecule has 2 heterocycles. The van der Waals surface area contributed by atoms with Gasteiger partial charge in [0.05, 0.1) is 45.0 Å². The van der Waals surface area contributed by atoms with Gasteiger partial charge in [0.1, 0.15) is 11.6 Å². The van der Waals surface area contributed by atoms with E-state index in [1.807, 2.05) is 4.57 Å². The van der Waals surface area contributed by atoms with Crippen LogP contribution in [0.1, 0.15) is 40.5 Å². The smallest absolute Gasteiger partial charge is 0.338 e. The summed E-state index contributed by atoms with van der Waals surface area (Å²) in [5.74, 6) is -1.67. The van der Waals surface area contributed by atoms with Crippen LogP contribution in [0.15, 0.2) is 58.4 Å². The molecule has 2 aromatic heterocycles. The number of aromatic nitrogens is 3. The predicted molar refractivity (Wildman–Crippen MR) is 124 cm³/mol. The lowest BCUT2D eigenvalue weighted by molar-refractivity contribution is 0.0697. The molecule has 1 saturated carbocycles. The Morgan fingerprint density at radius 1 is 1.27 bits per heavy atom. The van der Waals surface area contributed by atoms with Gasteiger partial charge in [-0.1, -0.05) is 0 Å². The SMILES string of the molecule is O=C(O)c1c(CS(=O)c2ccc(F)cc2)n(C2CC2)c2cc(Br)c(O)c(Cn3ccnc3)c12. The Balaban J connectivity index is 1.74. The van der Waals surface area contributed by atoms with Crippen LogP contribution in [0.25, 0.3) is 10.9 Å². The van der Waals surface area contributed by atoms with E-state index in [1.165, 1.54) is 24.3 Å². The number of phenolic OH excluding ortho intramolecular Hbond substituents is 1. The molecule has 2 aromatic carbocycles. The van der Waals surface area contributed by atoms with Gasteiger partial charge in [-0.05, 0) is 59.1 Å². The number of phenols is 1. The molecule has 0 bridgehead atoms. The Morgan fingerprint density at radius 2 is 2.00 bits per heavy atom. The molecule has 2 N–H and O–H groups in total. The van der Waals surface area contributed by atoms with Gasteiger partial charge in [-0.3, -0.25) is 4.21 Å². The second kappa shape index (κ2) is 8.42. The molecule has 1 aliphatic carbocycles. The lowest BCUT2D eigenvalue weighted by Crippen LogP contribution is -2.09. The predicted octanol–water partition coefficient (Wildman–Crippen LogP) is 4.83. The summed E-state index contributed by atoms with van der Waals surface area (Å²) in [5, 5.41) is 21.5. The Hall–Kier alpha value is -2.98. The van der Waals surface area contributed by atoms with Gasteiger partial charge in [0.2, 0.25) is 0 Å². The van der Waals surface area contributed by atoms with E-state index in [0.29, 0.717) is 31.5 Å². The van der Waals surface area contributed by atoms with Crippen LogP contribution in [0.4, 0.5) is 4.39 Å². The first-order valence-corrected chi connectivity index (χ1v) is 12.4. The Kier molecular flexibility index (Phi) is 5.57. The van der Waals surface area contributed by atoms with E-state index in [4.69, 9.17) is 0 Å². The van der Waals surface area contributed by atoms with Crippen LogP contribution in [0, 0.1) is 5.82 Å². The number of fused-ring (bicyclic) bond motifs is 1. The first-order valence-electron chi connectivity index (χ1n) is 10.2. The summed E-state index contributed by atoms with van der Waals surface area (Å²) in [6, 6.07) is 7.18. The van der Waals surface area contributed by atoms with Crippen LogP contribution >= 0.6 is 15.9 Å². The second-order valence-corrected chi connectivity index (χ2v) is 10.3. The van der Waals surface area contributed by atoms with E-state index in [1.54, 1.807) is 29.4 Å². The first kappa shape index (κ1) is 21.8. The average molecular weight is 532 g/mol. The van der Waals surface area contributed by atoms with Crippen LogP contribution < -0.4 is 0 Å². The Bertz CT molecular complexity index is 1400. The first-order chi connectivity index (χ1) is 15.8. The number of benzene rings is 2. The number of carbonyl (C=O) groups is 1. The van der Waals surface area contributed by atoms with Crippen molar-refractivity contribution in [1.29, 1.82) is 0 Å². The molecular weight excluding hydrogens is 513 g/mol. The summed E-state index contributed by atoms with van der Waals surface area (Å²) in [6.45, 7) is 0.219. The lowest BCUT2D eigenvalue weighted by Gasteiger charge is -2.12. The average Bonchev–Trinajstić information content (AvgIpc) is 3.38. The summed E-state index contributed by atoms with van der Waals surface area (Å²) in [6.07, 6.45) is 6.70. The Labute approximate surface area is 199 Å². The highest BCUT2D eigenvalue weighted by Crippen LogP contribution is 2.46. The quantitative estimate of drug-likeness (QED) is 0.355. The van der Waals surface area contributed by atoms with Crippen molar-refractivity contribution in [2.75, 3.05) is 0 Å². The summed E-state index contributed by atoms with van der Waals surface area (Å²) >= 11 is 3.41. The number of aromatic hydroxyl groups is 1. The molecule has 33 heavy (non-hydrogen) atoms. The fourth-order valence-electron chi connectivity index (χ4n) is 4.19. The highest BCUT2D eigenvalue weighted by Gasteiger charge is 2.34. The zero-order valence-electron chi connectivity index (χ0n) is 17.2. The number of hydrogen-bond acceptors (Lipinski definition) is 4. The zero-order chi connectivity index (χ0) is 23.3. The topological polar surface area (TPSA) is 97.4 Å². The van der Waals surface area contributed by atoms with Gasteiger partial charge in [-0.2, -0.15) is 0 Å². The fraction of sp³-hybridized carbons (Fsp3) is 0.217. The molecule has 1 unspecified atom stereocenters. The number of hydrogen-bond donors (Lipinski definition) is 2. The van der Waals surface area contributed by atoms with E-state index in [0.717, 1.165) is 12.8 Å². The molecule has 0 saturated heterocycles. The van der Waals surface area contributed by atoms with Crippen molar-refractivity contribution in [1.82, 2.24) is 14.1 Å². The minimum atomic E-state index is -1.58. The molecule has 0 aliphatic heterocycles. The molecule has 1 atom stereocenters. The molecule has 5 rings (SSSR count). The van der Waals surface area contributed by atoms with Crippen LogP contribution in [-0.2, 0) is 23.1 Å². The van der Waals surface area contributed by atoms with Gasteiger partial charge >= 0.3 is 5.97 Å². The number of aromatic carboxylic acids is 1. The highest BCUT2D eigenvalue weighted by molar-refractivity contribution is 9.10. The van der Waals surface area contributed by atoms with E-state index < -0.39 is 22.6 Å². The summed E-state index contributed by atoms with van der Waals surface area (Å²) in [5.41, 5.74) is 1.58. The molecule has 1 aliphatic rings. The number of nitrogens with zero attached hydrogens (tertiary/aromatic N) is 3. The van der Waals surface area contributed by atoms with Gasteiger partial charge in [0, 0.05) is 40.0 Å². The number of halogens is 2. The van der Waals surface area contributed by atoms with Gasteiger partial charge in [0.25, 0.3) is 0 Å². The van der Waals surface area contributed by atoms with Crippen LogP contribution in [0.5, 0.6) is 5.75 Å². The van der Waals surface area contributed by atoms with Gasteiger partial charge in [-0.15, -0.1) is 0 Å². The third-order valence-corrected chi connectivity index (χ3v) is 7.73. The van der Waals surface area contributed by atoms with E-state index in [2.05, 4.69) is 20.9 Å². The maximum Gasteiger partial charge on any atom is 0.338 e. The molecule has 10 heteroatoms. The van der Waals surface area contributed by atoms with Crippen LogP contribution in [-0.4, -0.2) is 34.5 Å². The van der Waals surface area contributed by atoms with Crippen molar-refractivity contribution < 1.29 is 23.6 Å².